The topological polar surface area (TPSA) is 79.5 Å². The van der Waals surface area contributed by atoms with Gasteiger partial charge in [-0.3, -0.25) is 9.69 Å². The fourth-order valence-corrected chi connectivity index (χ4v) is 4.91. The third-order valence-corrected chi connectivity index (χ3v) is 7.23. The molecule has 2 aliphatic rings. The predicted octanol–water partition coefficient (Wildman–Crippen LogP) is 4.96. The van der Waals surface area contributed by atoms with Crippen molar-refractivity contribution in [2.75, 3.05) is 13.1 Å². The van der Waals surface area contributed by atoms with Gasteiger partial charge in [0.2, 0.25) is 11.7 Å². The summed E-state index contributed by atoms with van der Waals surface area (Å²) in [6.07, 6.45) is 5.36. The number of carboxylic acid groups (broad SMARTS) is 1. The quantitative estimate of drug-likeness (QED) is 0.521. The summed E-state index contributed by atoms with van der Waals surface area (Å²) < 4.78 is 5.55. The Bertz CT molecular complexity index is 1080. The summed E-state index contributed by atoms with van der Waals surface area (Å²) in [4.78, 5) is 17.7. The largest absolute Gasteiger partial charge is 0.481 e. The van der Waals surface area contributed by atoms with Gasteiger partial charge in [0.05, 0.1) is 5.92 Å². The van der Waals surface area contributed by atoms with Gasteiger partial charge in [0.1, 0.15) is 0 Å². The Labute approximate surface area is 192 Å². The van der Waals surface area contributed by atoms with Gasteiger partial charge in [0.15, 0.2) is 0 Å². The van der Waals surface area contributed by atoms with Gasteiger partial charge in [-0.15, -0.1) is 0 Å². The first-order chi connectivity index (χ1) is 15.5. The van der Waals surface area contributed by atoms with Crippen LogP contribution in [0.2, 0.25) is 5.02 Å². The van der Waals surface area contributed by atoms with Crippen LogP contribution in [0, 0.1) is 5.92 Å². The Morgan fingerprint density at radius 1 is 1.12 bits per heavy atom. The van der Waals surface area contributed by atoms with E-state index in [1.54, 1.807) is 0 Å². The van der Waals surface area contributed by atoms with E-state index in [-0.39, 0.29) is 11.3 Å². The fraction of sp³-hybridized carbons (Fsp3) is 0.400. The smallest absolute Gasteiger partial charge is 0.309 e. The van der Waals surface area contributed by atoms with Crippen LogP contribution in [0.25, 0.3) is 11.4 Å². The molecule has 0 unspecified atom stereocenters. The number of aliphatic carboxylic acids is 1. The number of aryl methyl sites for hydroxylation is 1. The number of hydrogen-bond acceptors (Lipinski definition) is 5. The number of carbonyl (C=O) groups is 1. The molecule has 1 aliphatic heterocycles. The van der Waals surface area contributed by atoms with Crippen molar-refractivity contribution in [3.8, 4) is 11.4 Å². The van der Waals surface area contributed by atoms with Crippen LogP contribution in [0.15, 0.2) is 53.1 Å². The van der Waals surface area contributed by atoms with Crippen LogP contribution < -0.4 is 0 Å². The lowest BCUT2D eigenvalue weighted by Crippen LogP contribution is -2.49. The van der Waals surface area contributed by atoms with Crippen LogP contribution in [0.5, 0.6) is 0 Å². The Morgan fingerprint density at radius 3 is 2.47 bits per heavy atom. The van der Waals surface area contributed by atoms with Crippen LogP contribution in [0.1, 0.15) is 42.7 Å². The number of carboxylic acids is 1. The number of aromatic nitrogens is 2. The highest BCUT2D eigenvalue weighted by molar-refractivity contribution is 6.30. The Balaban J connectivity index is 1.18. The lowest BCUT2D eigenvalue weighted by molar-refractivity contribution is -0.147. The van der Waals surface area contributed by atoms with Crippen LogP contribution in [0.3, 0.4) is 0 Å². The number of hydrogen-bond donors (Lipinski definition) is 1. The monoisotopic (exact) mass is 451 g/mol. The Kier molecular flexibility index (Phi) is 5.74. The SMILES string of the molecule is O=C(O)C1CN(Cc2ccc(-c3noc(CCC4(c5ccc(Cl)cc5)CCC4)n3)cc2)C1. The lowest BCUT2D eigenvalue weighted by Gasteiger charge is -2.42. The summed E-state index contributed by atoms with van der Waals surface area (Å²) in [5, 5.41) is 13.9. The molecule has 1 saturated carbocycles. The van der Waals surface area contributed by atoms with Crippen molar-refractivity contribution in [2.24, 2.45) is 5.92 Å². The van der Waals surface area contributed by atoms with Crippen LogP contribution in [-0.2, 0) is 23.2 Å². The van der Waals surface area contributed by atoms with E-state index in [2.05, 4.69) is 27.2 Å². The normalized spacial score (nSPS) is 18.2. The molecule has 0 atom stereocenters. The second-order valence-electron chi connectivity index (χ2n) is 9.08. The van der Waals surface area contributed by atoms with Gasteiger partial charge in [-0.2, -0.15) is 4.98 Å². The Hall–Kier alpha value is -2.70. The molecule has 3 aromatic rings. The average molecular weight is 452 g/mol. The predicted molar refractivity (Wildman–Crippen MR) is 121 cm³/mol. The summed E-state index contributed by atoms with van der Waals surface area (Å²) >= 11 is 6.06. The summed E-state index contributed by atoms with van der Waals surface area (Å²) in [7, 11) is 0. The first-order valence-electron chi connectivity index (χ1n) is 11.1. The highest BCUT2D eigenvalue weighted by Gasteiger charge is 2.38. The highest BCUT2D eigenvalue weighted by Crippen LogP contribution is 2.47. The number of likely N-dealkylation sites (tertiary alicyclic amines) is 1. The second kappa shape index (κ2) is 8.68. The fourth-order valence-electron chi connectivity index (χ4n) is 4.78. The maximum atomic E-state index is 10.9. The standard InChI is InChI=1S/C25H26ClN3O3/c26-21-8-6-20(7-9-21)25(11-1-12-25)13-10-22-27-23(28-32-22)18-4-2-17(3-5-18)14-29-15-19(16-29)24(30)31/h2-9,19H,1,10-16H2,(H,30,31). The minimum absolute atomic E-state index is 0.192. The number of halogens is 1. The molecule has 6 nitrogen and oxygen atoms in total. The van der Waals surface area contributed by atoms with E-state index < -0.39 is 5.97 Å². The number of benzene rings is 2. The molecule has 0 radical (unpaired) electrons. The van der Waals surface area contributed by atoms with Crippen LogP contribution >= 0.6 is 11.6 Å². The van der Waals surface area contributed by atoms with Crippen molar-refractivity contribution in [3.63, 3.8) is 0 Å². The molecule has 1 aromatic heterocycles. The van der Waals surface area contributed by atoms with Gasteiger partial charge in [0.25, 0.3) is 0 Å². The molecular formula is C25H26ClN3O3. The zero-order chi connectivity index (χ0) is 22.1. The molecule has 2 aromatic carbocycles. The minimum Gasteiger partial charge on any atom is -0.481 e. The molecule has 1 saturated heterocycles. The molecule has 2 heterocycles. The van der Waals surface area contributed by atoms with Gasteiger partial charge < -0.3 is 9.63 Å². The van der Waals surface area contributed by atoms with E-state index in [0.717, 1.165) is 35.5 Å². The maximum Gasteiger partial charge on any atom is 0.309 e. The molecule has 32 heavy (non-hydrogen) atoms. The molecule has 166 valence electrons. The van der Waals surface area contributed by atoms with E-state index in [1.807, 2.05) is 36.4 Å². The third-order valence-electron chi connectivity index (χ3n) is 6.98. The molecular weight excluding hydrogens is 426 g/mol. The van der Waals surface area contributed by atoms with Gasteiger partial charge in [0, 0.05) is 36.6 Å². The average Bonchev–Trinajstić information content (AvgIpc) is 3.20. The van der Waals surface area contributed by atoms with Crippen molar-refractivity contribution in [1.82, 2.24) is 15.0 Å². The zero-order valence-corrected chi connectivity index (χ0v) is 18.6. The van der Waals surface area contributed by atoms with E-state index in [1.165, 1.54) is 24.8 Å². The van der Waals surface area contributed by atoms with Gasteiger partial charge >= 0.3 is 5.97 Å². The molecule has 5 rings (SSSR count). The molecule has 1 aliphatic carbocycles. The molecule has 1 N–H and O–H groups in total. The summed E-state index contributed by atoms with van der Waals surface area (Å²) in [6.45, 7) is 1.99. The third kappa shape index (κ3) is 4.30. The van der Waals surface area contributed by atoms with Gasteiger partial charge in [-0.05, 0) is 47.9 Å². The second-order valence-corrected chi connectivity index (χ2v) is 9.52. The van der Waals surface area contributed by atoms with Crippen molar-refractivity contribution >= 4 is 17.6 Å². The number of rotatable bonds is 8. The van der Waals surface area contributed by atoms with Crippen molar-refractivity contribution in [1.29, 1.82) is 0 Å². The van der Waals surface area contributed by atoms with E-state index in [4.69, 9.17) is 21.2 Å². The van der Waals surface area contributed by atoms with Crippen molar-refractivity contribution < 1.29 is 14.4 Å². The van der Waals surface area contributed by atoms with Gasteiger partial charge in [-0.1, -0.05) is 59.6 Å². The first kappa shape index (κ1) is 21.2. The lowest BCUT2D eigenvalue weighted by atomic mass is 9.62. The van der Waals surface area contributed by atoms with E-state index in [9.17, 15) is 4.79 Å². The summed E-state index contributed by atoms with van der Waals surface area (Å²) in [5.41, 5.74) is 3.61. The molecule has 2 fully saturated rings. The zero-order valence-electron chi connectivity index (χ0n) is 17.8. The minimum atomic E-state index is -0.707. The van der Waals surface area contributed by atoms with E-state index >= 15 is 0 Å². The van der Waals surface area contributed by atoms with Crippen molar-refractivity contribution in [2.45, 2.75) is 44.1 Å². The van der Waals surface area contributed by atoms with Gasteiger partial charge in [-0.25, -0.2) is 0 Å². The number of nitrogens with zero attached hydrogens (tertiary/aromatic N) is 3. The highest BCUT2D eigenvalue weighted by atomic mass is 35.5. The molecule has 0 bridgehead atoms. The van der Waals surface area contributed by atoms with Crippen LogP contribution in [-0.4, -0.2) is 39.2 Å². The maximum absolute atomic E-state index is 10.9. The van der Waals surface area contributed by atoms with Crippen molar-refractivity contribution in [3.05, 3.63) is 70.6 Å². The van der Waals surface area contributed by atoms with E-state index in [0.29, 0.717) is 24.8 Å². The molecule has 0 amide bonds. The summed E-state index contributed by atoms with van der Waals surface area (Å²) in [5.74, 6) is 0.340. The Morgan fingerprint density at radius 2 is 1.84 bits per heavy atom. The summed E-state index contributed by atoms with van der Waals surface area (Å²) in [6, 6.07) is 16.3. The van der Waals surface area contributed by atoms with Crippen LogP contribution in [0.4, 0.5) is 0 Å². The molecule has 7 heteroatoms. The molecule has 0 spiro atoms. The first-order valence-corrected chi connectivity index (χ1v) is 11.5.